The Bertz CT molecular complexity index is 987. The van der Waals surface area contributed by atoms with Gasteiger partial charge in [0.05, 0.1) is 11.6 Å². The van der Waals surface area contributed by atoms with Crippen LogP contribution >= 0.6 is 27.5 Å². The summed E-state index contributed by atoms with van der Waals surface area (Å²) in [7, 11) is 1.44. The van der Waals surface area contributed by atoms with Crippen LogP contribution in [0.5, 0.6) is 11.5 Å². The van der Waals surface area contributed by atoms with Crippen molar-refractivity contribution in [2.24, 2.45) is 10.9 Å². The fraction of sp³-hybridized carbons (Fsp3) is 0.227. The van der Waals surface area contributed by atoms with E-state index in [1.54, 1.807) is 50.3 Å². The van der Waals surface area contributed by atoms with Gasteiger partial charge in [-0.2, -0.15) is 0 Å². The Morgan fingerprint density at radius 1 is 1.20 bits per heavy atom. The molecule has 30 heavy (non-hydrogen) atoms. The molecule has 0 saturated carbocycles. The highest BCUT2D eigenvalue weighted by Crippen LogP contribution is 2.36. The highest BCUT2D eigenvalue weighted by Gasteiger charge is 2.20. The van der Waals surface area contributed by atoms with Crippen LogP contribution in [0.15, 0.2) is 51.9 Å². The molecule has 0 bridgehead atoms. The number of carboxylic acid groups (broad SMARTS) is 1. The largest absolute Gasteiger partial charge is 0.493 e. The van der Waals surface area contributed by atoms with Crippen LogP contribution < -0.4 is 9.47 Å². The molecule has 6 nitrogen and oxygen atoms in total. The number of hydrogen-bond donors (Lipinski definition) is 1. The molecular weight excluding hydrogens is 474 g/mol. The first kappa shape index (κ1) is 23.6. The normalized spacial score (nSPS) is 12.5. The maximum atomic E-state index is 12.2. The Hall–Kier alpha value is -2.64. The highest BCUT2D eigenvalue weighted by atomic mass is 79.9. The van der Waals surface area contributed by atoms with E-state index in [0.29, 0.717) is 20.8 Å². The standard InChI is InChI=1S/C22H21BrClNO5/c1-13(2)20(22(27)28)25-12-15-10-17(23)21(18(11-15)29-3)30-19(26)8-7-14-5-4-6-16(24)9-14/h4-13,20H,1-3H3,(H,27,28)/b8-7+,25-12?. The average Bonchev–Trinajstić information content (AvgIpc) is 2.67. The van der Waals surface area contributed by atoms with Crippen LogP contribution in [0.2, 0.25) is 5.02 Å². The van der Waals surface area contributed by atoms with E-state index < -0.39 is 18.0 Å². The topological polar surface area (TPSA) is 85.2 Å². The molecule has 0 aliphatic carbocycles. The number of esters is 1. The lowest BCUT2D eigenvalue weighted by Gasteiger charge is -2.12. The summed E-state index contributed by atoms with van der Waals surface area (Å²) in [6.45, 7) is 3.57. The van der Waals surface area contributed by atoms with Crippen molar-refractivity contribution in [2.75, 3.05) is 7.11 Å². The van der Waals surface area contributed by atoms with Gasteiger partial charge in [-0.15, -0.1) is 0 Å². The van der Waals surface area contributed by atoms with Crippen molar-refractivity contribution in [3.05, 3.63) is 63.1 Å². The van der Waals surface area contributed by atoms with Crippen LogP contribution in [-0.2, 0) is 9.59 Å². The lowest BCUT2D eigenvalue weighted by Crippen LogP contribution is -2.24. The van der Waals surface area contributed by atoms with Gasteiger partial charge < -0.3 is 14.6 Å². The second-order valence-corrected chi connectivity index (χ2v) is 7.94. The smallest absolute Gasteiger partial charge is 0.336 e. The minimum Gasteiger partial charge on any atom is -0.493 e. The molecule has 2 rings (SSSR count). The van der Waals surface area contributed by atoms with Gasteiger partial charge in [0.1, 0.15) is 6.04 Å². The molecule has 1 N–H and O–H groups in total. The fourth-order valence-corrected chi connectivity index (χ4v) is 3.25. The summed E-state index contributed by atoms with van der Waals surface area (Å²) in [6, 6.07) is 9.46. The molecule has 158 valence electrons. The number of rotatable bonds is 8. The third-order valence-electron chi connectivity index (χ3n) is 3.98. The van der Waals surface area contributed by atoms with Gasteiger partial charge in [-0.25, -0.2) is 9.59 Å². The minimum absolute atomic E-state index is 0.157. The second-order valence-electron chi connectivity index (χ2n) is 6.65. The quantitative estimate of drug-likeness (QED) is 0.234. The first-order chi connectivity index (χ1) is 14.2. The summed E-state index contributed by atoms with van der Waals surface area (Å²) in [5.41, 5.74) is 1.36. The first-order valence-corrected chi connectivity index (χ1v) is 10.2. The van der Waals surface area contributed by atoms with Crippen molar-refractivity contribution in [1.82, 2.24) is 0 Å². The zero-order valence-corrected chi connectivity index (χ0v) is 19.0. The Morgan fingerprint density at radius 3 is 2.53 bits per heavy atom. The van der Waals surface area contributed by atoms with Crippen LogP contribution in [0, 0.1) is 5.92 Å². The zero-order chi connectivity index (χ0) is 22.3. The van der Waals surface area contributed by atoms with Gasteiger partial charge in [0.25, 0.3) is 0 Å². The monoisotopic (exact) mass is 493 g/mol. The molecule has 0 aliphatic heterocycles. The van der Waals surface area contributed by atoms with Crippen molar-refractivity contribution in [3.8, 4) is 11.5 Å². The van der Waals surface area contributed by atoms with Crippen molar-refractivity contribution in [2.45, 2.75) is 19.9 Å². The van der Waals surface area contributed by atoms with Gasteiger partial charge >= 0.3 is 11.9 Å². The third-order valence-corrected chi connectivity index (χ3v) is 4.81. The molecule has 0 amide bonds. The summed E-state index contributed by atoms with van der Waals surface area (Å²) in [5, 5.41) is 9.81. The maximum absolute atomic E-state index is 12.2. The number of benzene rings is 2. The van der Waals surface area contributed by atoms with Crippen LogP contribution in [-0.4, -0.2) is 36.4 Å². The SMILES string of the molecule is COc1cc(C=NC(C(=O)O)C(C)C)cc(Br)c1OC(=O)/C=C/c1cccc(Cl)c1. The number of methoxy groups -OCH3 is 1. The Morgan fingerprint density at radius 2 is 1.93 bits per heavy atom. The lowest BCUT2D eigenvalue weighted by atomic mass is 10.1. The number of halogens is 2. The zero-order valence-electron chi connectivity index (χ0n) is 16.6. The number of ether oxygens (including phenoxy) is 2. The number of carbonyl (C=O) groups is 2. The van der Waals surface area contributed by atoms with Gasteiger partial charge in [0, 0.05) is 17.3 Å². The van der Waals surface area contributed by atoms with E-state index in [1.165, 1.54) is 19.4 Å². The second kappa shape index (κ2) is 10.9. The number of aliphatic carboxylic acids is 1. The third kappa shape index (κ3) is 6.71. The van der Waals surface area contributed by atoms with Crippen LogP contribution in [0.1, 0.15) is 25.0 Å². The molecule has 0 fully saturated rings. The van der Waals surface area contributed by atoms with Gasteiger partial charge in [-0.3, -0.25) is 4.99 Å². The van der Waals surface area contributed by atoms with E-state index in [-0.39, 0.29) is 11.7 Å². The Balaban J connectivity index is 2.21. The molecule has 0 aliphatic rings. The van der Waals surface area contributed by atoms with Gasteiger partial charge in [-0.05, 0) is 63.3 Å². The molecule has 1 unspecified atom stereocenters. The van der Waals surface area contributed by atoms with E-state index in [1.807, 2.05) is 6.07 Å². The minimum atomic E-state index is -0.996. The van der Waals surface area contributed by atoms with E-state index >= 15 is 0 Å². The van der Waals surface area contributed by atoms with Crippen molar-refractivity contribution in [3.63, 3.8) is 0 Å². The van der Waals surface area contributed by atoms with E-state index in [2.05, 4.69) is 20.9 Å². The molecule has 2 aromatic carbocycles. The van der Waals surface area contributed by atoms with E-state index in [9.17, 15) is 14.7 Å². The first-order valence-electron chi connectivity index (χ1n) is 9.00. The van der Waals surface area contributed by atoms with Gasteiger partial charge in [0.2, 0.25) is 0 Å². The molecule has 0 saturated heterocycles. The number of carboxylic acids is 1. The van der Waals surface area contributed by atoms with E-state index in [4.69, 9.17) is 21.1 Å². The maximum Gasteiger partial charge on any atom is 0.336 e. The fourth-order valence-electron chi connectivity index (χ4n) is 2.51. The van der Waals surface area contributed by atoms with Crippen molar-refractivity contribution < 1.29 is 24.2 Å². The number of hydrogen-bond acceptors (Lipinski definition) is 5. The Labute approximate surface area is 188 Å². The molecule has 0 spiro atoms. The summed E-state index contributed by atoms with van der Waals surface area (Å²) >= 11 is 9.29. The summed E-state index contributed by atoms with van der Waals surface area (Å²) < 4.78 is 11.2. The predicted octanol–water partition coefficient (Wildman–Crippen LogP) is 5.26. The van der Waals surface area contributed by atoms with E-state index in [0.717, 1.165) is 5.56 Å². The van der Waals surface area contributed by atoms with Crippen LogP contribution in [0.4, 0.5) is 0 Å². The van der Waals surface area contributed by atoms with Crippen molar-refractivity contribution >= 4 is 51.8 Å². The summed E-state index contributed by atoms with van der Waals surface area (Å²) in [6.07, 6.45) is 4.33. The molecular formula is C22H21BrClNO5. The van der Waals surface area contributed by atoms with Crippen LogP contribution in [0.3, 0.4) is 0 Å². The van der Waals surface area contributed by atoms with Gasteiger partial charge in [0.15, 0.2) is 11.5 Å². The molecule has 2 aromatic rings. The Kier molecular flexibility index (Phi) is 8.62. The lowest BCUT2D eigenvalue weighted by molar-refractivity contribution is -0.139. The molecule has 0 radical (unpaired) electrons. The van der Waals surface area contributed by atoms with Crippen molar-refractivity contribution in [1.29, 1.82) is 0 Å². The predicted molar refractivity (Wildman–Crippen MR) is 121 cm³/mol. The summed E-state index contributed by atoms with van der Waals surface area (Å²) in [4.78, 5) is 27.7. The van der Waals surface area contributed by atoms with Gasteiger partial charge in [-0.1, -0.05) is 37.6 Å². The molecule has 8 heteroatoms. The molecule has 0 aromatic heterocycles. The highest BCUT2D eigenvalue weighted by molar-refractivity contribution is 9.10. The average molecular weight is 495 g/mol. The number of carbonyl (C=O) groups excluding carboxylic acids is 1. The van der Waals surface area contributed by atoms with Crippen LogP contribution in [0.25, 0.3) is 6.08 Å². The molecule has 1 atom stereocenters. The molecule has 0 heterocycles. The summed E-state index contributed by atoms with van der Waals surface area (Å²) in [5.74, 6) is -1.25. The number of nitrogens with zero attached hydrogens (tertiary/aromatic N) is 1. The number of aliphatic imine (C=N–C) groups is 1.